The summed E-state index contributed by atoms with van der Waals surface area (Å²) >= 11 is 2.90. The summed E-state index contributed by atoms with van der Waals surface area (Å²) in [6, 6.07) is 6.63. The normalized spacial score (nSPS) is 14.4. The van der Waals surface area contributed by atoms with Gasteiger partial charge in [0, 0.05) is 10.9 Å². The van der Waals surface area contributed by atoms with Crippen LogP contribution >= 0.6 is 34.9 Å². The van der Waals surface area contributed by atoms with Crippen molar-refractivity contribution in [3.8, 4) is 0 Å². The third-order valence-corrected chi connectivity index (χ3v) is 7.14. The summed E-state index contributed by atoms with van der Waals surface area (Å²) in [7, 11) is 0. The van der Waals surface area contributed by atoms with E-state index in [-0.39, 0.29) is 16.3 Å². The molecule has 1 fully saturated rings. The number of carbonyl (C=O) groups excluding carboxylic acids is 2. The van der Waals surface area contributed by atoms with E-state index in [1.54, 1.807) is 12.1 Å². The van der Waals surface area contributed by atoms with Crippen molar-refractivity contribution in [2.75, 3.05) is 23.0 Å². The van der Waals surface area contributed by atoms with E-state index in [0.717, 1.165) is 18.0 Å². The first kappa shape index (κ1) is 23.7. The molecule has 2 aromatic rings. The zero-order chi connectivity index (χ0) is 22.1. The van der Waals surface area contributed by atoms with Gasteiger partial charge in [-0.25, -0.2) is 0 Å². The number of anilines is 2. The van der Waals surface area contributed by atoms with Gasteiger partial charge in [0.1, 0.15) is 0 Å². The van der Waals surface area contributed by atoms with Crippen molar-refractivity contribution in [1.82, 2.24) is 10.2 Å². The first-order valence-corrected chi connectivity index (χ1v) is 12.4. The SMILES string of the molecule is O=C(COC(=O)CSc1nnc(NC2CCCCC2)s1)Nc1ccccc1SC(F)F. The summed E-state index contributed by atoms with van der Waals surface area (Å²) in [4.78, 5) is 24.2. The second-order valence-corrected chi connectivity index (χ2v) is 9.96. The number of carbonyl (C=O) groups is 2. The standard InChI is InChI=1S/C19H22F2N4O3S3/c20-17(21)30-14-9-5-4-8-13(14)23-15(26)10-28-16(27)11-29-19-25-24-18(31-19)22-12-6-2-1-3-7-12/h4-5,8-9,12,17H,1-3,6-7,10-11H2,(H,22,24)(H,23,26). The maximum absolute atomic E-state index is 12.6. The lowest BCUT2D eigenvalue weighted by molar-refractivity contribution is -0.144. The quantitative estimate of drug-likeness (QED) is 0.361. The van der Waals surface area contributed by atoms with Gasteiger partial charge in [-0.1, -0.05) is 66.3 Å². The third-order valence-electron chi connectivity index (χ3n) is 4.39. The largest absolute Gasteiger partial charge is 0.455 e. The predicted octanol–water partition coefficient (Wildman–Crippen LogP) is 4.87. The Morgan fingerprint density at radius 3 is 2.74 bits per heavy atom. The van der Waals surface area contributed by atoms with Crippen LogP contribution in [-0.2, 0) is 14.3 Å². The number of hydrogen-bond donors (Lipinski definition) is 2. The molecule has 0 spiro atoms. The molecule has 1 aliphatic rings. The lowest BCUT2D eigenvalue weighted by atomic mass is 9.96. The highest BCUT2D eigenvalue weighted by molar-refractivity contribution is 8.01. The van der Waals surface area contributed by atoms with Crippen LogP contribution in [0.3, 0.4) is 0 Å². The molecule has 1 aromatic heterocycles. The molecule has 168 valence electrons. The minimum Gasteiger partial charge on any atom is -0.455 e. The maximum Gasteiger partial charge on any atom is 0.316 e. The molecule has 0 radical (unpaired) electrons. The van der Waals surface area contributed by atoms with Crippen LogP contribution in [0.25, 0.3) is 0 Å². The number of thioether (sulfide) groups is 2. The Morgan fingerprint density at radius 2 is 1.97 bits per heavy atom. The Morgan fingerprint density at radius 1 is 1.19 bits per heavy atom. The molecule has 0 unspecified atom stereocenters. The summed E-state index contributed by atoms with van der Waals surface area (Å²) < 4.78 is 30.8. The second-order valence-electron chi connectivity index (χ2n) is 6.72. The van der Waals surface area contributed by atoms with Crippen molar-refractivity contribution in [2.24, 2.45) is 0 Å². The highest BCUT2D eigenvalue weighted by atomic mass is 32.2. The molecule has 0 aliphatic heterocycles. The number of rotatable bonds is 10. The zero-order valence-electron chi connectivity index (χ0n) is 16.5. The van der Waals surface area contributed by atoms with Gasteiger partial charge in [-0.05, 0) is 25.0 Å². The van der Waals surface area contributed by atoms with Crippen molar-refractivity contribution >= 4 is 57.6 Å². The number of amides is 1. The van der Waals surface area contributed by atoms with Crippen LogP contribution in [0.5, 0.6) is 0 Å². The molecule has 1 saturated carbocycles. The predicted molar refractivity (Wildman–Crippen MR) is 119 cm³/mol. The minimum atomic E-state index is -2.60. The fourth-order valence-corrected chi connectivity index (χ4v) is 5.23. The highest BCUT2D eigenvalue weighted by Crippen LogP contribution is 2.31. The number of alkyl halides is 2. The van der Waals surface area contributed by atoms with E-state index in [1.807, 2.05) is 0 Å². The van der Waals surface area contributed by atoms with Gasteiger partial charge >= 0.3 is 5.97 Å². The Labute approximate surface area is 191 Å². The number of ether oxygens (including phenoxy) is 1. The second kappa shape index (κ2) is 12.2. The average Bonchev–Trinajstić information content (AvgIpc) is 3.20. The summed E-state index contributed by atoms with van der Waals surface area (Å²) in [5.41, 5.74) is 0.245. The lowest BCUT2D eigenvalue weighted by Gasteiger charge is -2.21. The highest BCUT2D eigenvalue weighted by Gasteiger charge is 2.17. The number of benzene rings is 1. The molecule has 3 rings (SSSR count). The molecule has 0 bridgehead atoms. The van der Waals surface area contributed by atoms with Gasteiger partial charge in [0.15, 0.2) is 10.9 Å². The molecule has 2 N–H and O–H groups in total. The molecule has 1 aromatic carbocycles. The summed E-state index contributed by atoms with van der Waals surface area (Å²) in [5, 5.41) is 14.8. The van der Waals surface area contributed by atoms with Gasteiger partial charge in [0.25, 0.3) is 11.7 Å². The zero-order valence-corrected chi connectivity index (χ0v) is 19.0. The first-order chi connectivity index (χ1) is 15.0. The lowest BCUT2D eigenvalue weighted by Crippen LogP contribution is -2.22. The van der Waals surface area contributed by atoms with E-state index in [9.17, 15) is 18.4 Å². The molecule has 0 saturated heterocycles. The van der Waals surface area contributed by atoms with E-state index in [0.29, 0.717) is 22.1 Å². The van der Waals surface area contributed by atoms with Crippen molar-refractivity contribution in [1.29, 1.82) is 0 Å². The van der Waals surface area contributed by atoms with Crippen molar-refractivity contribution in [3.63, 3.8) is 0 Å². The van der Waals surface area contributed by atoms with Gasteiger partial charge in [-0.3, -0.25) is 9.59 Å². The monoisotopic (exact) mass is 488 g/mol. The fourth-order valence-electron chi connectivity index (χ4n) is 3.01. The van der Waals surface area contributed by atoms with Gasteiger partial charge in [-0.2, -0.15) is 8.78 Å². The number of para-hydroxylation sites is 1. The smallest absolute Gasteiger partial charge is 0.316 e. The third kappa shape index (κ3) is 8.26. The van der Waals surface area contributed by atoms with Crippen LogP contribution < -0.4 is 10.6 Å². The van der Waals surface area contributed by atoms with Gasteiger partial charge < -0.3 is 15.4 Å². The maximum atomic E-state index is 12.6. The Balaban J connectivity index is 1.38. The molecule has 1 amide bonds. The van der Waals surface area contributed by atoms with Crippen molar-refractivity contribution in [3.05, 3.63) is 24.3 Å². The molecule has 31 heavy (non-hydrogen) atoms. The van der Waals surface area contributed by atoms with E-state index < -0.39 is 24.2 Å². The van der Waals surface area contributed by atoms with Crippen LogP contribution in [0.1, 0.15) is 32.1 Å². The number of nitrogens with zero attached hydrogens (tertiary/aromatic N) is 2. The number of aromatic nitrogens is 2. The first-order valence-electron chi connectivity index (χ1n) is 9.72. The molecule has 0 atom stereocenters. The van der Waals surface area contributed by atoms with Crippen molar-refractivity contribution < 1.29 is 23.1 Å². The molecule has 7 nitrogen and oxygen atoms in total. The Kier molecular flexibility index (Phi) is 9.34. The molecule has 12 heteroatoms. The number of esters is 1. The summed E-state index contributed by atoms with van der Waals surface area (Å²) in [6.45, 7) is -0.502. The van der Waals surface area contributed by atoms with E-state index in [4.69, 9.17) is 4.74 Å². The van der Waals surface area contributed by atoms with Gasteiger partial charge in [0.2, 0.25) is 5.13 Å². The van der Waals surface area contributed by atoms with Gasteiger partial charge in [-0.15, -0.1) is 10.2 Å². The summed E-state index contributed by atoms with van der Waals surface area (Å²) in [6.07, 6.45) is 5.96. The number of halogens is 2. The van der Waals surface area contributed by atoms with Crippen molar-refractivity contribution in [2.45, 2.75) is 53.1 Å². The van der Waals surface area contributed by atoms with Crippen LogP contribution in [0.15, 0.2) is 33.5 Å². The average molecular weight is 489 g/mol. The molecular weight excluding hydrogens is 466 g/mol. The van der Waals surface area contributed by atoms with Gasteiger partial charge in [0.05, 0.1) is 11.4 Å². The van der Waals surface area contributed by atoms with Crippen LogP contribution in [-0.4, -0.2) is 46.2 Å². The number of nitrogens with one attached hydrogen (secondary N) is 2. The Hall–Kier alpha value is -1.92. The van der Waals surface area contributed by atoms with Crippen LogP contribution in [0.2, 0.25) is 0 Å². The Bertz CT molecular complexity index is 879. The van der Waals surface area contributed by atoms with Crippen LogP contribution in [0, 0.1) is 0 Å². The van der Waals surface area contributed by atoms with E-state index in [1.165, 1.54) is 54.5 Å². The summed E-state index contributed by atoms with van der Waals surface area (Å²) in [5.74, 6) is -3.79. The number of hydrogen-bond acceptors (Lipinski definition) is 9. The topological polar surface area (TPSA) is 93.2 Å². The molecular formula is C19H22F2N4O3S3. The van der Waals surface area contributed by atoms with Crippen LogP contribution in [0.4, 0.5) is 19.6 Å². The molecule has 1 aliphatic carbocycles. The van der Waals surface area contributed by atoms with E-state index >= 15 is 0 Å². The fraction of sp³-hybridized carbons (Fsp3) is 0.474. The van der Waals surface area contributed by atoms with E-state index in [2.05, 4.69) is 20.8 Å². The minimum absolute atomic E-state index is 0.0108. The molecule has 1 heterocycles.